The Kier molecular flexibility index (Phi) is 2.09. The summed E-state index contributed by atoms with van der Waals surface area (Å²) in [5.74, 6) is 0. The molecule has 1 atom stereocenters. The normalized spacial score (nSPS) is 27.9. The fourth-order valence-corrected chi connectivity index (χ4v) is 0.498. The highest BCUT2D eigenvalue weighted by Crippen LogP contribution is 2.09. The fraction of sp³-hybridized carbons (Fsp3) is 1.00. The van der Waals surface area contributed by atoms with Crippen molar-refractivity contribution in [3.63, 3.8) is 0 Å². The van der Waals surface area contributed by atoms with Gasteiger partial charge in [-0.2, -0.15) is 0 Å². The molecule has 0 aromatic carbocycles. The van der Waals surface area contributed by atoms with Crippen LogP contribution in [0, 0.1) is 0 Å². The van der Waals surface area contributed by atoms with Gasteiger partial charge < -0.3 is 9.47 Å². The lowest BCUT2D eigenvalue weighted by atomic mass is 10.8. The van der Waals surface area contributed by atoms with E-state index in [1.807, 2.05) is 0 Å². The number of hydrogen-bond donors (Lipinski definition) is 0. The van der Waals surface area contributed by atoms with Crippen molar-refractivity contribution < 1.29 is 9.47 Å². The van der Waals surface area contributed by atoms with Crippen LogP contribution in [0.15, 0.2) is 0 Å². The zero-order valence-electron chi connectivity index (χ0n) is 3.89. The Balaban J connectivity index is 1.80. The molecule has 0 bridgehead atoms. The van der Waals surface area contributed by atoms with Gasteiger partial charge in [-0.1, -0.05) is 15.9 Å². The van der Waals surface area contributed by atoms with E-state index in [0.29, 0.717) is 0 Å². The Bertz CT molecular complexity index is 53.7. The molecular formula is C4H7BrO2. The van der Waals surface area contributed by atoms with Crippen molar-refractivity contribution in [3.05, 3.63) is 0 Å². The van der Waals surface area contributed by atoms with Crippen LogP contribution in [-0.2, 0) is 9.47 Å². The first kappa shape index (κ1) is 5.54. The third kappa shape index (κ3) is 2.26. The van der Waals surface area contributed by atoms with Crippen LogP contribution >= 0.6 is 15.9 Å². The Morgan fingerprint density at radius 3 is 3.00 bits per heavy atom. The minimum absolute atomic E-state index is 0.123. The first-order chi connectivity index (χ1) is 3.43. The maximum Gasteiger partial charge on any atom is 0.181 e. The third-order valence-electron chi connectivity index (χ3n) is 0.684. The lowest BCUT2D eigenvalue weighted by Crippen LogP contribution is -1.97. The van der Waals surface area contributed by atoms with Crippen LogP contribution in [0.5, 0.6) is 0 Å². The van der Waals surface area contributed by atoms with Crippen molar-refractivity contribution in [2.24, 2.45) is 0 Å². The van der Waals surface area contributed by atoms with Gasteiger partial charge in [0.15, 0.2) is 6.29 Å². The van der Waals surface area contributed by atoms with Gasteiger partial charge in [0.2, 0.25) is 0 Å². The van der Waals surface area contributed by atoms with Gasteiger partial charge in [-0.15, -0.1) is 0 Å². The first-order valence-corrected chi connectivity index (χ1v) is 3.35. The van der Waals surface area contributed by atoms with E-state index in [9.17, 15) is 0 Å². The third-order valence-corrected chi connectivity index (χ3v) is 1.01. The summed E-state index contributed by atoms with van der Waals surface area (Å²) < 4.78 is 9.80. The second-order valence-corrected chi connectivity index (χ2v) is 2.12. The largest absolute Gasteiger partial charge is 0.349 e. The summed E-state index contributed by atoms with van der Waals surface area (Å²) >= 11 is 3.23. The van der Waals surface area contributed by atoms with Crippen molar-refractivity contribution in [3.8, 4) is 0 Å². The predicted molar refractivity (Wildman–Crippen MR) is 29.5 cm³/mol. The van der Waals surface area contributed by atoms with Gasteiger partial charge in [-0.3, -0.25) is 0 Å². The highest BCUT2D eigenvalue weighted by Gasteiger charge is 2.22. The molecule has 0 saturated carbocycles. The molecule has 3 heteroatoms. The highest BCUT2D eigenvalue weighted by atomic mass is 79.9. The van der Waals surface area contributed by atoms with Gasteiger partial charge in [-0.05, 0) is 0 Å². The number of rotatable bonds is 3. The Morgan fingerprint density at radius 1 is 1.86 bits per heavy atom. The summed E-state index contributed by atoms with van der Waals surface area (Å²) in [4.78, 5) is 0. The zero-order valence-corrected chi connectivity index (χ0v) is 5.48. The Hall–Kier alpha value is 0.400. The van der Waals surface area contributed by atoms with Crippen molar-refractivity contribution >= 4 is 15.9 Å². The molecule has 0 aromatic heterocycles. The molecule has 1 heterocycles. The van der Waals surface area contributed by atoms with E-state index >= 15 is 0 Å². The van der Waals surface area contributed by atoms with Crippen LogP contribution in [0.1, 0.15) is 0 Å². The molecule has 1 fully saturated rings. The molecule has 1 unspecified atom stereocenters. The standard InChI is InChI=1S/C4H7BrO2/c5-1-2-6-4-3-7-4/h4H,1-3H2. The highest BCUT2D eigenvalue weighted by molar-refractivity contribution is 9.09. The van der Waals surface area contributed by atoms with Crippen LogP contribution in [-0.4, -0.2) is 24.8 Å². The summed E-state index contributed by atoms with van der Waals surface area (Å²) in [6, 6.07) is 0. The quantitative estimate of drug-likeness (QED) is 0.457. The molecule has 1 saturated heterocycles. The topological polar surface area (TPSA) is 21.8 Å². The molecule has 1 rings (SSSR count). The van der Waals surface area contributed by atoms with Gasteiger partial charge in [0, 0.05) is 5.33 Å². The maximum absolute atomic E-state index is 5.03. The minimum atomic E-state index is 0.123. The number of ether oxygens (including phenoxy) is 2. The van der Waals surface area contributed by atoms with E-state index in [2.05, 4.69) is 15.9 Å². The molecule has 2 nitrogen and oxygen atoms in total. The average molecular weight is 167 g/mol. The van der Waals surface area contributed by atoms with Crippen molar-refractivity contribution in [1.82, 2.24) is 0 Å². The van der Waals surface area contributed by atoms with Crippen molar-refractivity contribution in [1.29, 1.82) is 0 Å². The monoisotopic (exact) mass is 166 g/mol. The van der Waals surface area contributed by atoms with Gasteiger partial charge in [0.25, 0.3) is 0 Å². The van der Waals surface area contributed by atoms with Gasteiger partial charge in [-0.25, -0.2) is 0 Å². The SMILES string of the molecule is BrCCOC1CO1. The summed E-state index contributed by atoms with van der Waals surface area (Å²) in [5.41, 5.74) is 0. The zero-order chi connectivity index (χ0) is 5.11. The van der Waals surface area contributed by atoms with Gasteiger partial charge >= 0.3 is 0 Å². The van der Waals surface area contributed by atoms with Crippen molar-refractivity contribution in [2.75, 3.05) is 18.5 Å². The summed E-state index contributed by atoms with van der Waals surface area (Å²) in [6.45, 7) is 1.54. The lowest BCUT2D eigenvalue weighted by molar-refractivity contribution is 0.0615. The number of hydrogen-bond acceptors (Lipinski definition) is 2. The smallest absolute Gasteiger partial charge is 0.181 e. The Labute approximate surface area is 50.9 Å². The van der Waals surface area contributed by atoms with Gasteiger partial charge in [0.1, 0.15) is 6.61 Å². The number of epoxide rings is 1. The molecule has 0 aromatic rings. The molecular weight excluding hydrogens is 160 g/mol. The summed E-state index contributed by atoms with van der Waals surface area (Å²) in [5, 5.41) is 0.896. The van der Waals surface area contributed by atoms with Crippen LogP contribution in [0.3, 0.4) is 0 Å². The van der Waals surface area contributed by atoms with E-state index < -0.39 is 0 Å². The molecule has 0 aliphatic carbocycles. The molecule has 0 amide bonds. The molecule has 0 N–H and O–H groups in total. The Morgan fingerprint density at radius 2 is 2.57 bits per heavy atom. The van der Waals surface area contributed by atoms with E-state index in [-0.39, 0.29) is 6.29 Å². The molecule has 0 radical (unpaired) electrons. The second kappa shape index (κ2) is 2.64. The predicted octanol–water partition coefficient (Wildman–Crippen LogP) is 0.754. The summed E-state index contributed by atoms with van der Waals surface area (Å²) in [7, 11) is 0. The maximum atomic E-state index is 5.03. The minimum Gasteiger partial charge on any atom is -0.349 e. The molecule has 7 heavy (non-hydrogen) atoms. The second-order valence-electron chi connectivity index (χ2n) is 1.32. The molecule has 1 aliphatic rings. The molecule has 1 aliphatic heterocycles. The lowest BCUT2D eigenvalue weighted by Gasteiger charge is -1.90. The average Bonchev–Trinajstić information content (AvgIpc) is 2.42. The van der Waals surface area contributed by atoms with Crippen LogP contribution < -0.4 is 0 Å². The van der Waals surface area contributed by atoms with Crippen LogP contribution in [0.4, 0.5) is 0 Å². The first-order valence-electron chi connectivity index (χ1n) is 2.22. The number of halogens is 1. The molecule has 42 valence electrons. The van der Waals surface area contributed by atoms with E-state index in [0.717, 1.165) is 18.5 Å². The van der Waals surface area contributed by atoms with Crippen molar-refractivity contribution in [2.45, 2.75) is 6.29 Å². The van der Waals surface area contributed by atoms with Crippen LogP contribution in [0.25, 0.3) is 0 Å². The molecule has 0 spiro atoms. The van der Waals surface area contributed by atoms with E-state index in [4.69, 9.17) is 9.47 Å². The van der Waals surface area contributed by atoms with E-state index in [1.165, 1.54) is 0 Å². The summed E-state index contributed by atoms with van der Waals surface area (Å²) in [6.07, 6.45) is 0.123. The van der Waals surface area contributed by atoms with Gasteiger partial charge in [0.05, 0.1) is 6.61 Å². The van der Waals surface area contributed by atoms with Crippen LogP contribution in [0.2, 0.25) is 0 Å². The van der Waals surface area contributed by atoms with E-state index in [1.54, 1.807) is 0 Å². The number of alkyl halides is 1. The fourth-order valence-electron chi connectivity index (χ4n) is 0.311.